The zero-order valence-corrected chi connectivity index (χ0v) is 24.3. The standard InChI is InChI=1S/C24H32N2.3ClH.Nd/c1-7-19-13-11-14-20(8-2)23(19)25-17(5)18(6)26-24-21(9-3)15-12-16-22(24)10-4;;;;/h11-16H,7-10H2,1-6H3;3*1H;/q;;;;+3/p-3. The number of benzene rings is 2. The topological polar surface area (TPSA) is 24.7 Å². The fourth-order valence-corrected chi connectivity index (χ4v) is 3.21. The van der Waals surface area contributed by atoms with Crippen molar-refractivity contribution in [1.82, 2.24) is 0 Å². The van der Waals surface area contributed by atoms with E-state index in [1.54, 1.807) is 0 Å². The third kappa shape index (κ3) is 8.86. The maximum absolute atomic E-state index is 5.02. The van der Waals surface area contributed by atoms with Crippen molar-refractivity contribution in [1.29, 1.82) is 0 Å². The molecule has 2 nitrogen and oxygen atoms in total. The Morgan fingerprint density at radius 3 is 1.07 bits per heavy atom. The molecule has 0 saturated carbocycles. The summed E-state index contributed by atoms with van der Waals surface area (Å²) in [7, 11) is 0. The first-order valence-corrected chi connectivity index (χ1v) is 22.5. The number of aryl methyl sites for hydroxylation is 4. The zero-order chi connectivity index (χ0) is 22.7. The molecule has 0 N–H and O–H groups in total. The second-order valence-electron chi connectivity index (χ2n) is 6.87. The molecule has 0 aliphatic carbocycles. The number of halogens is 3. The number of rotatable bonds is 7. The van der Waals surface area contributed by atoms with Crippen LogP contribution >= 0.6 is 17.4 Å². The predicted molar refractivity (Wildman–Crippen MR) is 133 cm³/mol. The van der Waals surface area contributed by atoms with Crippen LogP contribution < -0.4 is 0 Å². The van der Waals surface area contributed by atoms with Gasteiger partial charge in [0.2, 0.25) is 0 Å². The molecule has 0 aliphatic heterocycles. The molecule has 2 rings (SSSR count). The van der Waals surface area contributed by atoms with Gasteiger partial charge in [-0.3, -0.25) is 9.98 Å². The Hall–Kier alpha value is 0.000649. The predicted octanol–water partition coefficient (Wildman–Crippen LogP) is 8.89. The average molecular weight is 599 g/mol. The molecular weight excluding hydrogens is 567 g/mol. The number of hydrogen-bond acceptors (Lipinski definition) is 2. The summed E-state index contributed by atoms with van der Waals surface area (Å²) in [5.74, 6) is 15.1. The van der Waals surface area contributed by atoms with Gasteiger partial charge in [0.05, 0.1) is 22.8 Å². The van der Waals surface area contributed by atoms with Gasteiger partial charge in [-0.15, -0.1) is 0 Å². The average Bonchev–Trinajstić information content (AvgIpc) is 2.73. The maximum atomic E-state index is 5.02. The van der Waals surface area contributed by atoms with Crippen LogP contribution in [0, 0.1) is 29.9 Å². The second kappa shape index (κ2) is 14.9. The summed E-state index contributed by atoms with van der Waals surface area (Å²) in [6.45, 7) is 12.9. The first kappa shape index (κ1) is 28.0. The van der Waals surface area contributed by atoms with Gasteiger partial charge in [0.15, 0.2) is 0 Å². The molecule has 0 amide bonds. The van der Waals surface area contributed by atoms with Gasteiger partial charge in [0.1, 0.15) is 0 Å². The van der Waals surface area contributed by atoms with Gasteiger partial charge in [-0.2, -0.15) is 0 Å². The molecule has 0 saturated heterocycles. The normalized spacial score (nSPS) is 11.8. The van der Waals surface area contributed by atoms with Crippen LogP contribution in [-0.2, 0) is 25.7 Å². The Kier molecular flexibility index (Phi) is 14.0. The van der Waals surface area contributed by atoms with Crippen molar-refractivity contribution in [2.24, 2.45) is 9.98 Å². The van der Waals surface area contributed by atoms with E-state index >= 15 is 0 Å². The van der Waals surface area contributed by atoms with Crippen LogP contribution in [0.4, 0.5) is 11.4 Å². The van der Waals surface area contributed by atoms with E-state index < -0.39 is 29.9 Å². The Bertz CT molecular complexity index is 760. The molecule has 0 heterocycles. The van der Waals surface area contributed by atoms with Gasteiger partial charge in [0, 0.05) is 0 Å². The fourth-order valence-electron chi connectivity index (χ4n) is 3.21. The van der Waals surface area contributed by atoms with E-state index in [1.165, 1.54) is 22.3 Å². The second-order valence-corrected chi connectivity index (χ2v) is 21.0. The number of para-hydroxylation sites is 2. The summed E-state index contributed by atoms with van der Waals surface area (Å²) in [6, 6.07) is 13.0. The van der Waals surface area contributed by atoms with E-state index in [2.05, 4.69) is 77.9 Å². The number of hydrogen-bond donors (Lipinski definition) is 0. The van der Waals surface area contributed by atoms with E-state index in [0.29, 0.717) is 0 Å². The molecule has 6 heteroatoms. The van der Waals surface area contributed by atoms with Crippen LogP contribution in [0.2, 0.25) is 0 Å². The molecule has 0 radical (unpaired) electrons. The number of aliphatic imine (C=N–C) groups is 2. The molecule has 30 heavy (non-hydrogen) atoms. The van der Waals surface area contributed by atoms with Crippen LogP contribution in [0.5, 0.6) is 0 Å². The van der Waals surface area contributed by atoms with Gasteiger partial charge in [-0.1, -0.05) is 64.1 Å². The minimum atomic E-state index is -2.24. The molecule has 163 valence electrons. The molecule has 0 unspecified atom stereocenters. The molecule has 0 aromatic heterocycles. The van der Waals surface area contributed by atoms with Crippen molar-refractivity contribution in [2.45, 2.75) is 67.2 Å². The summed E-state index contributed by atoms with van der Waals surface area (Å²) >= 11 is -2.24. The van der Waals surface area contributed by atoms with Crippen molar-refractivity contribution in [3.63, 3.8) is 0 Å². The molecule has 0 fully saturated rings. The Balaban J connectivity index is 0.00000103. The molecule has 2 aromatic rings. The summed E-state index contributed by atoms with van der Waals surface area (Å²) in [5.41, 5.74) is 9.47. The molecule has 0 atom stereocenters. The Labute approximate surface area is 203 Å². The van der Waals surface area contributed by atoms with Crippen molar-refractivity contribution in [3.8, 4) is 0 Å². The zero-order valence-electron chi connectivity index (χ0n) is 18.8. The van der Waals surface area contributed by atoms with Crippen molar-refractivity contribution >= 4 is 40.2 Å². The molecule has 0 spiro atoms. The van der Waals surface area contributed by atoms with Gasteiger partial charge in [0.25, 0.3) is 0 Å². The summed E-state index contributed by atoms with van der Waals surface area (Å²) in [6.07, 6.45) is 3.98. The summed E-state index contributed by atoms with van der Waals surface area (Å²) < 4.78 is 0. The number of nitrogens with zero attached hydrogens (tertiary/aromatic N) is 2. The van der Waals surface area contributed by atoms with Crippen LogP contribution in [-0.4, -0.2) is 11.4 Å². The van der Waals surface area contributed by atoms with E-state index in [4.69, 9.17) is 27.4 Å². The molecular formula is C24H32Cl3N2Nd. The van der Waals surface area contributed by atoms with Crippen LogP contribution in [0.1, 0.15) is 63.8 Å². The molecule has 0 aliphatic rings. The van der Waals surface area contributed by atoms with Crippen LogP contribution in [0.25, 0.3) is 0 Å². The first-order chi connectivity index (χ1) is 14.3. The summed E-state index contributed by atoms with van der Waals surface area (Å²) in [4.78, 5) is 9.99. The van der Waals surface area contributed by atoms with Crippen molar-refractivity contribution in [3.05, 3.63) is 58.7 Å². The minimum absolute atomic E-state index is 0.994. The van der Waals surface area contributed by atoms with E-state index in [9.17, 15) is 0 Å². The van der Waals surface area contributed by atoms with Crippen molar-refractivity contribution in [2.75, 3.05) is 0 Å². The monoisotopic (exact) mass is 595 g/mol. The first-order valence-electron chi connectivity index (χ1n) is 10.4. The quantitative estimate of drug-likeness (QED) is 0.284. The molecule has 0 bridgehead atoms. The third-order valence-corrected chi connectivity index (χ3v) is 5.01. The SMILES string of the molecule is CCc1cccc(CC)c1N=C(C)C(C)=Nc1c(CC)cccc1CC.[Cl][Nd]([Cl])[Cl]. The Morgan fingerprint density at radius 2 is 0.867 bits per heavy atom. The van der Waals surface area contributed by atoms with Crippen LogP contribution in [0.3, 0.4) is 0 Å². The molecule has 2 aromatic carbocycles. The van der Waals surface area contributed by atoms with Gasteiger partial charge >= 0.3 is 47.3 Å². The van der Waals surface area contributed by atoms with E-state index in [1.807, 2.05) is 0 Å². The van der Waals surface area contributed by atoms with Gasteiger partial charge < -0.3 is 0 Å². The summed E-state index contributed by atoms with van der Waals surface area (Å²) in [5, 5.41) is 0. The fraction of sp³-hybridized carbons (Fsp3) is 0.417. The van der Waals surface area contributed by atoms with Gasteiger partial charge in [-0.05, 0) is 61.8 Å². The Morgan fingerprint density at radius 1 is 0.633 bits per heavy atom. The van der Waals surface area contributed by atoms with E-state index in [-0.39, 0.29) is 0 Å². The van der Waals surface area contributed by atoms with Crippen LogP contribution in [0.15, 0.2) is 46.4 Å². The van der Waals surface area contributed by atoms with Crippen molar-refractivity contribution < 1.29 is 29.9 Å². The third-order valence-electron chi connectivity index (χ3n) is 5.01. The van der Waals surface area contributed by atoms with E-state index in [0.717, 1.165) is 48.5 Å². The van der Waals surface area contributed by atoms with Gasteiger partial charge in [-0.25, -0.2) is 0 Å².